The van der Waals surface area contributed by atoms with E-state index in [4.69, 9.17) is 9.47 Å². The summed E-state index contributed by atoms with van der Waals surface area (Å²) in [5.74, 6) is 0. The van der Waals surface area contributed by atoms with Crippen LogP contribution in [0.2, 0.25) is 0 Å². The van der Waals surface area contributed by atoms with Crippen molar-refractivity contribution in [3.8, 4) is 0 Å². The maximum Gasteiger partial charge on any atom is 0.111 e. The first-order valence-corrected chi connectivity index (χ1v) is 13.0. The summed E-state index contributed by atoms with van der Waals surface area (Å²) in [4.78, 5) is 0. The molecule has 0 amide bonds. The van der Waals surface area contributed by atoms with Crippen molar-refractivity contribution >= 4 is 0 Å². The van der Waals surface area contributed by atoms with E-state index < -0.39 is 24.4 Å². The average Bonchev–Trinajstić information content (AvgIpc) is 2.77. The van der Waals surface area contributed by atoms with Crippen LogP contribution in [0.15, 0.2) is 12.2 Å². The molecule has 1 saturated heterocycles. The average molecular weight is 443 g/mol. The standard InChI is InChI=1S/C26H50O5/c1-2-3-4-5-6-7-8-9-10-11-12-13-14-15-16-17-18-19-20-30-22-24-26(29)25(28)23(27)21-31-24/h18-19,23-29H,2-17,20-22H2,1H3/b19-18+/t23-,24+,25+,26+/m0/s1. The minimum absolute atomic E-state index is 0.0291. The summed E-state index contributed by atoms with van der Waals surface area (Å²) in [6, 6.07) is 0. The van der Waals surface area contributed by atoms with Crippen molar-refractivity contribution in [1.82, 2.24) is 0 Å². The first-order chi connectivity index (χ1) is 15.2. The quantitative estimate of drug-likeness (QED) is 0.176. The molecular weight excluding hydrogens is 392 g/mol. The Hall–Kier alpha value is -0.460. The normalized spacial score (nSPS) is 24.3. The van der Waals surface area contributed by atoms with Crippen LogP contribution in [0.4, 0.5) is 0 Å². The van der Waals surface area contributed by atoms with Crippen LogP contribution in [-0.2, 0) is 9.47 Å². The Morgan fingerprint density at radius 1 is 0.710 bits per heavy atom. The second kappa shape index (κ2) is 20.2. The molecule has 3 N–H and O–H groups in total. The Labute approximate surface area is 191 Å². The van der Waals surface area contributed by atoms with Gasteiger partial charge >= 0.3 is 0 Å². The van der Waals surface area contributed by atoms with Crippen molar-refractivity contribution in [2.45, 2.75) is 134 Å². The molecule has 1 aliphatic rings. The predicted molar refractivity (Wildman–Crippen MR) is 127 cm³/mol. The van der Waals surface area contributed by atoms with Crippen LogP contribution in [0.1, 0.15) is 110 Å². The molecule has 1 aliphatic heterocycles. The van der Waals surface area contributed by atoms with Crippen LogP contribution >= 0.6 is 0 Å². The highest BCUT2D eigenvalue weighted by molar-refractivity contribution is 4.87. The molecule has 5 nitrogen and oxygen atoms in total. The summed E-state index contributed by atoms with van der Waals surface area (Å²) in [6.07, 6.45) is 22.2. The Morgan fingerprint density at radius 3 is 1.77 bits per heavy atom. The second-order valence-corrected chi connectivity index (χ2v) is 9.17. The Kier molecular flexibility index (Phi) is 18.6. The third-order valence-electron chi connectivity index (χ3n) is 6.24. The summed E-state index contributed by atoms with van der Waals surface area (Å²) in [6.45, 7) is 3.00. The number of allylic oxidation sites excluding steroid dienone is 1. The molecule has 0 bridgehead atoms. The summed E-state index contributed by atoms with van der Waals surface area (Å²) in [5, 5.41) is 28.9. The van der Waals surface area contributed by atoms with E-state index in [1.54, 1.807) is 0 Å². The predicted octanol–water partition coefficient (Wildman–Crippen LogP) is 5.30. The van der Waals surface area contributed by atoms with E-state index in [1.807, 2.05) is 6.08 Å². The third-order valence-corrected chi connectivity index (χ3v) is 6.24. The number of rotatable bonds is 20. The maximum absolute atomic E-state index is 9.83. The van der Waals surface area contributed by atoms with Gasteiger partial charge in [-0.15, -0.1) is 0 Å². The lowest BCUT2D eigenvalue weighted by Crippen LogP contribution is -2.54. The summed E-state index contributed by atoms with van der Waals surface area (Å²) in [7, 11) is 0. The van der Waals surface area contributed by atoms with Crippen LogP contribution in [0.25, 0.3) is 0 Å². The first kappa shape index (κ1) is 28.6. The zero-order valence-corrected chi connectivity index (χ0v) is 20.1. The van der Waals surface area contributed by atoms with Crippen LogP contribution in [0.5, 0.6) is 0 Å². The van der Waals surface area contributed by atoms with E-state index >= 15 is 0 Å². The van der Waals surface area contributed by atoms with Crippen molar-refractivity contribution in [3.05, 3.63) is 12.2 Å². The summed E-state index contributed by atoms with van der Waals surface area (Å²) in [5.41, 5.74) is 0. The van der Waals surface area contributed by atoms with Crippen LogP contribution in [-0.4, -0.2) is 59.6 Å². The molecular formula is C26H50O5. The molecule has 31 heavy (non-hydrogen) atoms. The van der Waals surface area contributed by atoms with Crippen molar-refractivity contribution in [3.63, 3.8) is 0 Å². The topological polar surface area (TPSA) is 79.2 Å². The molecule has 0 spiro atoms. The van der Waals surface area contributed by atoms with E-state index in [1.165, 1.54) is 96.3 Å². The lowest BCUT2D eigenvalue weighted by molar-refractivity contribution is -0.198. The van der Waals surface area contributed by atoms with Crippen molar-refractivity contribution in [1.29, 1.82) is 0 Å². The Morgan fingerprint density at radius 2 is 1.23 bits per heavy atom. The SMILES string of the molecule is CCCCCCCCCCCCCCCCC/C=C/COC[C@H]1OC[C@H](O)[C@@H](O)[C@@H]1O. The lowest BCUT2D eigenvalue weighted by Gasteiger charge is -2.34. The fraction of sp³-hybridized carbons (Fsp3) is 0.923. The van der Waals surface area contributed by atoms with Crippen LogP contribution in [0.3, 0.4) is 0 Å². The van der Waals surface area contributed by atoms with Crippen LogP contribution in [0, 0.1) is 0 Å². The van der Waals surface area contributed by atoms with Gasteiger partial charge < -0.3 is 24.8 Å². The van der Waals surface area contributed by atoms with E-state index in [0.717, 1.165) is 6.42 Å². The van der Waals surface area contributed by atoms with Gasteiger partial charge in [-0.1, -0.05) is 109 Å². The zero-order valence-electron chi connectivity index (χ0n) is 20.1. The van der Waals surface area contributed by atoms with Crippen molar-refractivity contribution < 1.29 is 24.8 Å². The smallest absolute Gasteiger partial charge is 0.111 e. The highest BCUT2D eigenvalue weighted by Gasteiger charge is 2.37. The van der Waals surface area contributed by atoms with Gasteiger partial charge in [0.05, 0.1) is 19.8 Å². The summed E-state index contributed by atoms with van der Waals surface area (Å²) >= 11 is 0. The van der Waals surface area contributed by atoms with Gasteiger partial charge in [-0.05, 0) is 12.8 Å². The van der Waals surface area contributed by atoms with Crippen molar-refractivity contribution in [2.75, 3.05) is 19.8 Å². The number of hydrogen-bond donors (Lipinski definition) is 3. The molecule has 0 aliphatic carbocycles. The van der Waals surface area contributed by atoms with Gasteiger partial charge in [-0.2, -0.15) is 0 Å². The molecule has 0 aromatic carbocycles. The highest BCUT2D eigenvalue weighted by Crippen LogP contribution is 2.16. The molecule has 1 fully saturated rings. The van der Waals surface area contributed by atoms with E-state index in [9.17, 15) is 15.3 Å². The van der Waals surface area contributed by atoms with Gasteiger partial charge in [-0.25, -0.2) is 0 Å². The molecule has 0 saturated carbocycles. The number of hydrogen-bond acceptors (Lipinski definition) is 5. The first-order valence-electron chi connectivity index (χ1n) is 13.0. The molecule has 4 atom stereocenters. The zero-order chi connectivity index (χ0) is 22.6. The number of unbranched alkanes of at least 4 members (excludes halogenated alkanes) is 15. The third kappa shape index (κ3) is 15.1. The fourth-order valence-electron chi connectivity index (χ4n) is 4.09. The van der Waals surface area contributed by atoms with Crippen molar-refractivity contribution in [2.24, 2.45) is 0 Å². The van der Waals surface area contributed by atoms with Gasteiger partial charge in [-0.3, -0.25) is 0 Å². The van der Waals surface area contributed by atoms with Gasteiger partial charge in [0.15, 0.2) is 0 Å². The Bertz CT molecular complexity index is 415. The maximum atomic E-state index is 9.83. The van der Waals surface area contributed by atoms with Crippen LogP contribution < -0.4 is 0 Å². The molecule has 1 heterocycles. The summed E-state index contributed by atoms with van der Waals surface area (Å²) < 4.78 is 10.8. The van der Waals surface area contributed by atoms with Gasteiger partial charge in [0.1, 0.15) is 24.4 Å². The monoisotopic (exact) mass is 442 g/mol. The number of ether oxygens (including phenoxy) is 2. The van der Waals surface area contributed by atoms with E-state index in [0.29, 0.717) is 6.61 Å². The molecule has 0 aromatic heterocycles. The Balaban J connectivity index is 1.78. The molecule has 5 heteroatoms. The van der Waals surface area contributed by atoms with E-state index in [2.05, 4.69) is 13.0 Å². The largest absolute Gasteiger partial charge is 0.388 e. The number of aliphatic hydroxyl groups is 3. The minimum atomic E-state index is -1.16. The molecule has 0 unspecified atom stereocenters. The van der Waals surface area contributed by atoms with E-state index in [-0.39, 0.29) is 13.2 Å². The molecule has 0 radical (unpaired) electrons. The van der Waals surface area contributed by atoms with Gasteiger partial charge in [0, 0.05) is 0 Å². The molecule has 1 rings (SSSR count). The fourth-order valence-corrected chi connectivity index (χ4v) is 4.09. The lowest BCUT2D eigenvalue weighted by atomic mass is 10.0. The van der Waals surface area contributed by atoms with Gasteiger partial charge in [0.25, 0.3) is 0 Å². The minimum Gasteiger partial charge on any atom is -0.388 e. The molecule has 184 valence electrons. The second-order valence-electron chi connectivity index (χ2n) is 9.17. The van der Waals surface area contributed by atoms with Gasteiger partial charge in [0.2, 0.25) is 0 Å². The number of aliphatic hydroxyl groups excluding tert-OH is 3. The highest BCUT2D eigenvalue weighted by atomic mass is 16.6. The molecule has 0 aromatic rings.